The number of hydrogen-bond acceptors (Lipinski definition) is 5. The number of carbonyl (C=O) groups excluding carboxylic acids is 3. The zero-order valence-electron chi connectivity index (χ0n) is 16.3. The third-order valence-electron chi connectivity index (χ3n) is 4.56. The summed E-state index contributed by atoms with van der Waals surface area (Å²) >= 11 is 0. The first-order valence-corrected chi connectivity index (χ1v) is 9.16. The first-order chi connectivity index (χ1) is 13.5. The van der Waals surface area contributed by atoms with Gasteiger partial charge in [-0.05, 0) is 35.7 Å². The molecule has 0 heterocycles. The highest BCUT2D eigenvalue weighted by Gasteiger charge is 2.27. The molecule has 6 heteroatoms. The van der Waals surface area contributed by atoms with Crippen molar-refractivity contribution in [1.82, 2.24) is 0 Å². The van der Waals surface area contributed by atoms with Gasteiger partial charge in [-0.15, -0.1) is 0 Å². The van der Waals surface area contributed by atoms with Crippen LogP contribution in [0.1, 0.15) is 42.1 Å². The molecule has 2 aromatic rings. The number of ether oxygens (including phenoxy) is 2. The Kier molecular flexibility index (Phi) is 7.75. The lowest BCUT2D eigenvalue weighted by molar-refractivity contribution is -0.150. The quantitative estimate of drug-likeness (QED) is 0.702. The Morgan fingerprint density at radius 2 is 1.64 bits per heavy atom. The topological polar surface area (TPSA) is 81.7 Å². The minimum Gasteiger partial charge on any atom is -0.465 e. The molecule has 0 fully saturated rings. The van der Waals surface area contributed by atoms with Crippen LogP contribution < -0.4 is 5.32 Å². The highest BCUT2D eigenvalue weighted by molar-refractivity contribution is 5.94. The van der Waals surface area contributed by atoms with Gasteiger partial charge in [0.2, 0.25) is 0 Å². The summed E-state index contributed by atoms with van der Waals surface area (Å²) in [5.74, 6) is -1.65. The van der Waals surface area contributed by atoms with Crippen LogP contribution in [0, 0.1) is 5.92 Å². The molecule has 6 nitrogen and oxygen atoms in total. The van der Waals surface area contributed by atoms with Crippen LogP contribution in [0.15, 0.2) is 54.6 Å². The van der Waals surface area contributed by atoms with Crippen molar-refractivity contribution in [2.24, 2.45) is 5.92 Å². The summed E-state index contributed by atoms with van der Waals surface area (Å²) in [4.78, 5) is 36.1. The number of esters is 2. The summed E-state index contributed by atoms with van der Waals surface area (Å²) in [5, 5.41) is 2.64. The smallest absolute Gasteiger partial charge is 0.337 e. The SMILES string of the molecule is CC[C@@H](C)[C@H](C(=O)OCC(=O)Nc1ccc(C(=O)OC)cc1)c1ccccc1. The molecule has 148 valence electrons. The average Bonchev–Trinajstić information content (AvgIpc) is 2.73. The highest BCUT2D eigenvalue weighted by Crippen LogP contribution is 2.28. The molecule has 0 unspecified atom stereocenters. The van der Waals surface area contributed by atoms with Gasteiger partial charge in [-0.2, -0.15) is 0 Å². The predicted molar refractivity (Wildman–Crippen MR) is 106 cm³/mol. The number of rotatable bonds is 8. The number of nitrogens with one attached hydrogen (secondary N) is 1. The lowest BCUT2D eigenvalue weighted by Gasteiger charge is -2.21. The summed E-state index contributed by atoms with van der Waals surface area (Å²) in [6.45, 7) is 3.62. The fraction of sp³-hybridized carbons (Fsp3) is 0.318. The Balaban J connectivity index is 1.95. The minimum absolute atomic E-state index is 0.0869. The Morgan fingerprint density at radius 3 is 2.21 bits per heavy atom. The van der Waals surface area contributed by atoms with Crippen LogP contribution in [0.25, 0.3) is 0 Å². The van der Waals surface area contributed by atoms with E-state index in [-0.39, 0.29) is 12.5 Å². The van der Waals surface area contributed by atoms with Gasteiger partial charge in [0.05, 0.1) is 18.6 Å². The fourth-order valence-corrected chi connectivity index (χ4v) is 2.82. The average molecular weight is 383 g/mol. The van der Waals surface area contributed by atoms with Crippen LogP contribution in [0.3, 0.4) is 0 Å². The van der Waals surface area contributed by atoms with Gasteiger partial charge >= 0.3 is 11.9 Å². The molecular weight excluding hydrogens is 358 g/mol. The first kappa shape index (κ1) is 21.2. The molecule has 0 aliphatic carbocycles. The van der Waals surface area contributed by atoms with Gasteiger partial charge in [0.25, 0.3) is 5.91 Å². The summed E-state index contributed by atoms with van der Waals surface area (Å²) in [5.41, 5.74) is 1.75. The van der Waals surface area contributed by atoms with Crippen molar-refractivity contribution in [2.75, 3.05) is 19.0 Å². The minimum atomic E-state index is -0.455. The maximum Gasteiger partial charge on any atom is 0.337 e. The number of benzene rings is 2. The van der Waals surface area contributed by atoms with Crippen molar-refractivity contribution < 1.29 is 23.9 Å². The van der Waals surface area contributed by atoms with Crippen molar-refractivity contribution in [1.29, 1.82) is 0 Å². The van der Waals surface area contributed by atoms with E-state index >= 15 is 0 Å². The van der Waals surface area contributed by atoms with E-state index in [0.717, 1.165) is 12.0 Å². The lowest BCUT2D eigenvalue weighted by Crippen LogP contribution is -2.26. The van der Waals surface area contributed by atoms with Gasteiger partial charge in [-0.3, -0.25) is 9.59 Å². The van der Waals surface area contributed by atoms with Crippen LogP contribution in [0.5, 0.6) is 0 Å². The van der Waals surface area contributed by atoms with Gasteiger partial charge in [-0.25, -0.2) is 4.79 Å². The van der Waals surface area contributed by atoms with Gasteiger partial charge in [0.1, 0.15) is 0 Å². The molecule has 2 atom stereocenters. The number of hydrogen-bond donors (Lipinski definition) is 1. The summed E-state index contributed by atoms with van der Waals surface area (Å²) in [7, 11) is 1.30. The normalized spacial score (nSPS) is 12.5. The molecule has 2 aromatic carbocycles. The molecule has 0 saturated carbocycles. The number of amides is 1. The number of methoxy groups -OCH3 is 1. The van der Waals surface area contributed by atoms with Crippen molar-refractivity contribution in [3.63, 3.8) is 0 Å². The van der Waals surface area contributed by atoms with E-state index in [1.165, 1.54) is 7.11 Å². The molecule has 0 aliphatic rings. The summed E-state index contributed by atoms with van der Waals surface area (Å²) < 4.78 is 9.90. The Morgan fingerprint density at radius 1 is 1.00 bits per heavy atom. The predicted octanol–water partition coefficient (Wildman–Crippen LogP) is 3.78. The van der Waals surface area contributed by atoms with E-state index in [1.54, 1.807) is 24.3 Å². The Bertz CT molecular complexity index is 801. The highest BCUT2D eigenvalue weighted by atomic mass is 16.5. The molecule has 1 amide bonds. The molecule has 0 saturated heterocycles. The van der Waals surface area contributed by atoms with E-state index in [0.29, 0.717) is 11.3 Å². The van der Waals surface area contributed by atoms with Crippen molar-refractivity contribution in [3.8, 4) is 0 Å². The first-order valence-electron chi connectivity index (χ1n) is 9.16. The van der Waals surface area contributed by atoms with Crippen LogP contribution in [0.4, 0.5) is 5.69 Å². The zero-order valence-corrected chi connectivity index (χ0v) is 16.3. The molecule has 0 spiro atoms. The van der Waals surface area contributed by atoms with E-state index in [4.69, 9.17) is 4.74 Å². The third-order valence-corrected chi connectivity index (χ3v) is 4.56. The number of anilines is 1. The summed E-state index contributed by atoms with van der Waals surface area (Å²) in [6.07, 6.45) is 0.813. The largest absolute Gasteiger partial charge is 0.465 e. The summed E-state index contributed by atoms with van der Waals surface area (Å²) in [6, 6.07) is 15.7. The van der Waals surface area contributed by atoms with E-state index in [1.807, 2.05) is 44.2 Å². The van der Waals surface area contributed by atoms with E-state index in [2.05, 4.69) is 10.1 Å². The van der Waals surface area contributed by atoms with Crippen molar-refractivity contribution in [3.05, 3.63) is 65.7 Å². The second kappa shape index (κ2) is 10.3. The molecule has 0 bridgehead atoms. The van der Waals surface area contributed by atoms with Crippen LogP contribution >= 0.6 is 0 Å². The second-order valence-electron chi connectivity index (χ2n) is 6.50. The van der Waals surface area contributed by atoms with Crippen LogP contribution in [0.2, 0.25) is 0 Å². The molecule has 1 N–H and O–H groups in total. The molecule has 0 aliphatic heterocycles. The van der Waals surface area contributed by atoms with Gasteiger partial charge < -0.3 is 14.8 Å². The van der Waals surface area contributed by atoms with Crippen LogP contribution in [-0.4, -0.2) is 31.6 Å². The van der Waals surface area contributed by atoms with Crippen molar-refractivity contribution in [2.45, 2.75) is 26.2 Å². The lowest BCUT2D eigenvalue weighted by atomic mass is 9.86. The molecule has 0 radical (unpaired) electrons. The zero-order chi connectivity index (χ0) is 20.5. The standard InChI is InChI=1S/C22H25NO5/c1-4-15(2)20(16-8-6-5-7-9-16)22(26)28-14-19(24)23-18-12-10-17(11-13-18)21(25)27-3/h5-13,15,20H,4,14H2,1-3H3,(H,23,24)/t15-,20+/m1/s1. The van der Waals surface area contributed by atoms with Crippen LogP contribution in [-0.2, 0) is 19.1 Å². The van der Waals surface area contributed by atoms with E-state index < -0.39 is 23.8 Å². The fourth-order valence-electron chi connectivity index (χ4n) is 2.82. The molecule has 2 rings (SSSR count). The van der Waals surface area contributed by atoms with Gasteiger partial charge in [0, 0.05) is 5.69 Å². The monoisotopic (exact) mass is 383 g/mol. The van der Waals surface area contributed by atoms with Gasteiger partial charge in [-0.1, -0.05) is 50.6 Å². The van der Waals surface area contributed by atoms with E-state index in [9.17, 15) is 14.4 Å². The second-order valence-corrected chi connectivity index (χ2v) is 6.50. The maximum absolute atomic E-state index is 12.6. The Hall–Kier alpha value is -3.15. The molecule has 28 heavy (non-hydrogen) atoms. The third kappa shape index (κ3) is 5.67. The maximum atomic E-state index is 12.6. The number of carbonyl (C=O) groups is 3. The van der Waals surface area contributed by atoms with Gasteiger partial charge in [0.15, 0.2) is 6.61 Å². The Labute approximate surface area is 164 Å². The molecule has 0 aromatic heterocycles. The van der Waals surface area contributed by atoms with Crippen molar-refractivity contribution >= 4 is 23.5 Å². The molecular formula is C22H25NO5.